The zero-order valence-corrected chi connectivity index (χ0v) is 10.9. The SMILES string of the molecule is CCCCc1c(O)c2ccccc2n(CC)c1=O. The number of aryl methyl sites for hydroxylation is 1. The average Bonchev–Trinajstić information content (AvgIpc) is 2.39. The Balaban J connectivity index is 2.75. The number of unbranched alkanes of at least 4 members (excludes halogenated alkanes) is 1. The number of para-hydroxylation sites is 1. The highest BCUT2D eigenvalue weighted by atomic mass is 16.3. The smallest absolute Gasteiger partial charge is 0.257 e. The molecule has 3 nitrogen and oxygen atoms in total. The van der Waals surface area contributed by atoms with E-state index in [1.165, 1.54) is 0 Å². The van der Waals surface area contributed by atoms with E-state index in [1.807, 2.05) is 31.2 Å². The standard InChI is InChI=1S/C15H19NO2/c1-3-5-8-12-14(17)11-9-6-7-10-13(11)16(4-2)15(12)18/h6-7,9-10,17H,3-5,8H2,1-2H3. The number of aromatic nitrogens is 1. The number of hydrogen-bond donors (Lipinski definition) is 1. The normalized spacial score (nSPS) is 11.0. The molecule has 96 valence electrons. The van der Waals surface area contributed by atoms with Crippen LogP contribution in [0.1, 0.15) is 32.3 Å². The second kappa shape index (κ2) is 5.25. The highest BCUT2D eigenvalue weighted by molar-refractivity contribution is 5.86. The summed E-state index contributed by atoms with van der Waals surface area (Å²) >= 11 is 0. The van der Waals surface area contributed by atoms with E-state index in [2.05, 4.69) is 6.92 Å². The van der Waals surface area contributed by atoms with Crippen molar-refractivity contribution in [2.75, 3.05) is 0 Å². The topological polar surface area (TPSA) is 42.2 Å². The molecule has 0 bridgehead atoms. The Hall–Kier alpha value is -1.77. The summed E-state index contributed by atoms with van der Waals surface area (Å²) in [6, 6.07) is 7.52. The average molecular weight is 245 g/mol. The van der Waals surface area contributed by atoms with Crippen molar-refractivity contribution in [3.63, 3.8) is 0 Å². The van der Waals surface area contributed by atoms with Gasteiger partial charge in [-0.15, -0.1) is 0 Å². The predicted octanol–water partition coefficient (Wildman–Crippen LogP) is 3.07. The highest BCUT2D eigenvalue weighted by Crippen LogP contribution is 2.26. The zero-order valence-electron chi connectivity index (χ0n) is 10.9. The maximum absolute atomic E-state index is 12.3. The van der Waals surface area contributed by atoms with Gasteiger partial charge in [0.1, 0.15) is 5.75 Å². The van der Waals surface area contributed by atoms with Crippen LogP contribution in [0.2, 0.25) is 0 Å². The second-order valence-electron chi connectivity index (χ2n) is 4.50. The maximum atomic E-state index is 12.3. The molecule has 2 rings (SSSR count). The van der Waals surface area contributed by atoms with Crippen LogP contribution in [-0.2, 0) is 13.0 Å². The number of rotatable bonds is 4. The fourth-order valence-corrected chi connectivity index (χ4v) is 2.34. The molecule has 1 aromatic carbocycles. The second-order valence-corrected chi connectivity index (χ2v) is 4.50. The molecule has 0 atom stereocenters. The summed E-state index contributed by atoms with van der Waals surface area (Å²) in [5, 5.41) is 11.0. The fraction of sp³-hybridized carbons (Fsp3) is 0.400. The first kappa shape index (κ1) is 12.7. The monoisotopic (exact) mass is 245 g/mol. The van der Waals surface area contributed by atoms with Crippen LogP contribution in [0.25, 0.3) is 10.9 Å². The Morgan fingerprint density at radius 3 is 2.61 bits per heavy atom. The Morgan fingerprint density at radius 1 is 1.22 bits per heavy atom. The van der Waals surface area contributed by atoms with Crippen molar-refractivity contribution in [2.24, 2.45) is 0 Å². The summed E-state index contributed by atoms with van der Waals surface area (Å²) < 4.78 is 1.74. The quantitative estimate of drug-likeness (QED) is 0.899. The van der Waals surface area contributed by atoms with Gasteiger partial charge in [0.25, 0.3) is 5.56 Å². The van der Waals surface area contributed by atoms with Crippen molar-refractivity contribution < 1.29 is 5.11 Å². The number of nitrogens with zero attached hydrogens (tertiary/aromatic N) is 1. The van der Waals surface area contributed by atoms with Crippen LogP contribution in [0.4, 0.5) is 0 Å². The van der Waals surface area contributed by atoms with Crippen LogP contribution in [0, 0.1) is 0 Å². The largest absolute Gasteiger partial charge is 0.507 e. The van der Waals surface area contributed by atoms with E-state index in [9.17, 15) is 9.90 Å². The van der Waals surface area contributed by atoms with E-state index >= 15 is 0 Å². The molecule has 2 aromatic rings. The molecule has 0 aliphatic heterocycles. The van der Waals surface area contributed by atoms with Crippen LogP contribution in [0.3, 0.4) is 0 Å². The van der Waals surface area contributed by atoms with Crippen molar-refractivity contribution in [3.05, 3.63) is 40.2 Å². The molecule has 0 aliphatic rings. The number of fused-ring (bicyclic) bond motifs is 1. The van der Waals surface area contributed by atoms with Gasteiger partial charge in [-0.3, -0.25) is 4.79 Å². The number of pyridine rings is 1. The zero-order chi connectivity index (χ0) is 13.1. The van der Waals surface area contributed by atoms with Crippen LogP contribution < -0.4 is 5.56 Å². The summed E-state index contributed by atoms with van der Waals surface area (Å²) in [5.74, 6) is 0.161. The lowest BCUT2D eigenvalue weighted by molar-refractivity contribution is 0.469. The van der Waals surface area contributed by atoms with Crippen LogP contribution in [0.15, 0.2) is 29.1 Å². The first-order valence-corrected chi connectivity index (χ1v) is 6.54. The van der Waals surface area contributed by atoms with Gasteiger partial charge in [0.2, 0.25) is 0 Å². The Labute approximate surface area is 107 Å². The number of hydrogen-bond acceptors (Lipinski definition) is 2. The van der Waals surface area contributed by atoms with Crippen molar-refractivity contribution in [2.45, 2.75) is 39.7 Å². The van der Waals surface area contributed by atoms with E-state index in [4.69, 9.17) is 0 Å². The van der Waals surface area contributed by atoms with E-state index in [0.717, 1.165) is 23.7 Å². The summed E-state index contributed by atoms with van der Waals surface area (Å²) in [6.07, 6.45) is 2.58. The third-order valence-electron chi connectivity index (χ3n) is 3.34. The molecule has 1 heterocycles. The van der Waals surface area contributed by atoms with Gasteiger partial charge in [-0.2, -0.15) is 0 Å². The Morgan fingerprint density at radius 2 is 1.94 bits per heavy atom. The van der Waals surface area contributed by atoms with Gasteiger partial charge in [0.15, 0.2) is 0 Å². The molecule has 1 N–H and O–H groups in total. The lowest BCUT2D eigenvalue weighted by Crippen LogP contribution is -2.23. The minimum absolute atomic E-state index is 0.0536. The molecule has 0 aliphatic carbocycles. The van der Waals surface area contributed by atoms with Gasteiger partial charge < -0.3 is 9.67 Å². The van der Waals surface area contributed by atoms with Crippen LogP contribution >= 0.6 is 0 Å². The number of benzene rings is 1. The van der Waals surface area contributed by atoms with Gasteiger partial charge >= 0.3 is 0 Å². The van der Waals surface area contributed by atoms with E-state index < -0.39 is 0 Å². The molecule has 3 heteroatoms. The first-order valence-electron chi connectivity index (χ1n) is 6.54. The first-order chi connectivity index (χ1) is 8.70. The summed E-state index contributed by atoms with van der Waals surface area (Å²) in [7, 11) is 0. The molecule has 0 unspecified atom stereocenters. The maximum Gasteiger partial charge on any atom is 0.257 e. The molecule has 0 spiro atoms. The molecule has 0 amide bonds. The molecular formula is C15H19NO2. The van der Waals surface area contributed by atoms with Crippen LogP contribution in [-0.4, -0.2) is 9.67 Å². The Bertz CT molecular complexity index is 614. The van der Waals surface area contributed by atoms with Crippen molar-refractivity contribution in [1.82, 2.24) is 4.57 Å². The highest BCUT2D eigenvalue weighted by Gasteiger charge is 2.14. The van der Waals surface area contributed by atoms with E-state index in [0.29, 0.717) is 18.5 Å². The lowest BCUT2D eigenvalue weighted by atomic mass is 10.1. The van der Waals surface area contributed by atoms with Crippen LogP contribution in [0.5, 0.6) is 5.75 Å². The minimum atomic E-state index is -0.0536. The molecule has 0 saturated heterocycles. The molecule has 0 saturated carbocycles. The summed E-state index contributed by atoms with van der Waals surface area (Å²) in [6.45, 7) is 4.66. The molecule has 0 radical (unpaired) electrons. The van der Waals surface area contributed by atoms with Crippen molar-refractivity contribution in [1.29, 1.82) is 0 Å². The molecule has 18 heavy (non-hydrogen) atoms. The van der Waals surface area contributed by atoms with Crippen molar-refractivity contribution in [3.8, 4) is 5.75 Å². The summed E-state index contributed by atoms with van der Waals surface area (Å²) in [5.41, 5.74) is 1.31. The minimum Gasteiger partial charge on any atom is -0.507 e. The predicted molar refractivity (Wildman–Crippen MR) is 74.2 cm³/mol. The van der Waals surface area contributed by atoms with Gasteiger partial charge in [-0.25, -0.2) is 0 Å². The Kier molecular flexibility index (Phi) is 3.70. The molecule has 0 fully saturated rings. The third-order valence-corrected chi connectivity index (χ3v) is 3.34. The third kappa shape index (κ3) is 2.01. The van der Waals surface area contributed by atoms with Crippen molar-refractivity contribution >= 4 is 10.9 Å². The van der Waals surface area contributed by atoms with E-state index in [1.54, 1.807) is 4.57 Å². The molecule has 1 aromatic heterocycles. The fourth-order valence-electron chi connectivity index (χ4n) is 2.34. The summed E-state index contributed by atoms with van der Waals surface area (Å²) in [4.78, 5) is 12.3. The lowest BCUT2D eigenvalue weighted by Gasteiger charge is -2.13. The van der Waals surface area contributed by atoms with Gasteiger partial charge in [-0.1, -0.05) is 25.5 Å². The van der Waals surface area contributed by atoms with Gasteiger partial charge in [0, 0.05) is 11.9 Å². The number of aromatic hydroxyl groups is 1. The van der Waals surface area contributed by atoms with Gasteiger partial charge in [0.05, 0.1) is 11.1 Å². The van der Waals surface area contributed by atoms with Gasteiger partial charge in [-0.05, 0) is 31.9 Å². The molecular weight excluding hydrogens is 226 g/mol. The van der Waals surface area contributed by atoms with E-state index in [-0.39, 0.29) is 11.3 Å².